The highest BCUT2D eigenvalue weighted by Gasteiger charge is 2.33. The van der Waals surface area contributed by atoms with Gasteiger partial charge in [0.1, 0.15) is 11.6 Å². The molecule has 0 unspecified atom stereocenters. The monoisotopic (exact) mass is 437 g/mol. The summed E-state index contributed by atoms with van der Waals surface area (Å²) in [5, 5.41) is -0.147. The molecule has 1 saturated heterocycles. The van der Waals surface area contributed by atoms with Gasteiger partial charge in [0, 0.05) is 32.4 Å². The molecule has 0 radical (unpaired) electrons. The normalized spacial score (nSPS) is 16.4. The quantitative estimate of drug-likeness (QED) is 0.686. The number of aromatic nitrogens is 1. The van der Waals surface area contributed by atoms with Crippen LogP contribution in [-0.4, -0.2) is 43.9 Å². The van der Waals surface area contributed by atoms with Crippen LogP contribution in [0.3, 0.4) is 0 Å². The molecule has 11 heteroatoms. The molecule has 0 bridgehead atoms. The van der Waals surface area contributed by atoms with Gasteiger partial charge in [0.2, 0.25) is 10.0 Å². The van der Waals surface area contributed by atoms with Gasteiger partial charge >= 0.3 is 6.18 Å². The topological polar surface area (TPSA) is 53.5 Å². The minimum Gasteiger partial charge on any atom is -0.353 e. The van der Waals surface area contributed by atoms with Crippen molar-refractivity contribution < 1.29 is 26.0 Å². The Labute approximate surface area is 164 Å². The summed E-state index contributed by atoms with van der Waals surface area (Å²) < 4.78 is 77.8. The summed E-state index contributed by atoms with van der Waals surface area (Å²) in [4.78, 5) is 5.43. The van der Waals surface area contributed by atoms with Crippen LogP contribution in [-0.2, 0) is 22.0 Å². The number of pyridine rings is 1. The Kier molecular flexibility index (Phi) is 5.83. The summed E-state index contributed by atoms with van der Waals surface area (Å²) >= 11 is 5.95. The van der Waals surface area contributed by atoms with Crippen LogP contribution < -0.4 is 4.90 Å². The molecule has 1 aliphatic rings. The van der Waals surface area contributed by atoms with Gasteiger partial charge in [-0.3, -0.25) is 0 Å². The predicted octanol–water partition coefficient (Wildman–Crippen LogP) is 3.54. The Morgan fingerprint density at radius 2 is 1.79 bits per heavy atom. The number of sulfonamides is 1. The molecule has 152 valence electrons. The van der Waals surface area contributed by atoms with Crippen LogP contribution in [0, 0.1) is 5.82 Å². The van der Waals surface area contributed by atoms with Gasteiger partial charge in [-0.25, -0.2) is 17.8 Å². The Bertz CT molecular complexity index is 961. The molecule has 0 atom stereocenters. The van der Waals surface area contributed by atoms with Crippen molar-refractivity contribution >= 4 is 27.4 Å². The maximum Gasteiger partial charge on any atom is 0.417 e. The smallest absolute Gasteiger partial charge is 0.353 e. The fourth-order valence-corrected chi connectivity index (χ4v) is 4.71. The van der Waals surface area contributed by atoms with E-state index >= 15 is 0 Å². The van der Waals surface area contributed by atoms with E-state index < -0.39 is 27.6 Å². The van der Waals surface area contributed by atoms with Crippen LogP contribution in [0.25, 0.3) is 0 Å². The van der Waals surface area contributed by atoms with Gasteiger partial charge in [-0.15, -0.1) is 0 Å². The number of anilines is 1. The molecule has 0 N–H and O–H groups in total. The largest absolute Gasteiger partial charge is 0.417 e. The number of rotatable bonds is 4. The zero-order valence-electron chi connectivity index (χ0n) is 14.5. The summed E-state index contributed by atoms with van der Waals surface area (Å²) in [7, 11) is -3.66. The standard InChI is InChI=1S/C17H16ClF4N3O2S/c18-15-9-13(17(20,21)22)10-23-16(15)24-4-6-25(7-5-24)28(26,27)11-12-2-1-3-14(19)8-12/h1-3,8-10H,4-7,11H2. The van der Waals surface area contributed by atoms with Crippen molar-refractivity contribution in [3.05, 3.63) is 58.5 Å². The van der Waals surface area contributed by atoms with E-state index in [-0.39, 0.29) is 42.8 Å². The first-order valence-corrected chi connectivity index (χ1v) is 10.2. The van der Waals surface area contributed by atoms with Crippen LogP contribution in [0.2, 0.25) is 5.02 Å². The van der Waals surface area contributed by atoms with E-state index in [2.05, 4.69) is 4.98 Å². The Morgan fingerprint density at radius 1 is 1.11 bits per heavy atom. The molecule has 0 spiro atoms. The van der Waals surface area contributed by atoms with Crippen molar-refractivity contribution in [3.8, 4) is 0 Å². The van der Waals surface area contributed by atoms with Gasteiger partial charge < -0.3 is 4.90 Å². The lowest BCUT2D eigenvalue weighted by Crippen LogP contribution is -2.49. The van der Waals surface area contributed by atoms with E-state index in [9.17, 15) is 26.0 Å². The summed E-state index contributed by atoms with van der Waals surface area (Å²) in [5.41, 5.74) is -0.604. The average molecular weight is 438 g/mol. The first kappa shape index (κ1) is 20.8. The fourth-order valence-electron chi connectivity index (χ4n) is 2.93. The lowest BCUT2D eigenvalue weighted by molar-refractivity contribution is -0.137. The molecule has 28 heavy (non-hydrogen) atoms. The molecule has 1 aromatic heterocycles. The lowest BCUT2D eigenvalue weighted by atomic mass is 10.2. The zero-order chi connectivity index (χ0) is 20.5. The predicted molar refractivity (Wildman–Crippen MR) is 97.1 cm³/mol. The van der Waals surface area contributed by atoms with E-state index in [0.717, 1.165) is 6.07 Å². The molecule has 2 heterocycles. The highest BCUT2D eigenvalue weighted by Crippen LogP contribution is 2.33. The summed E-state index contributed by atoms with van der Waals surface area (Å²) in [6.07, 6.45) is -3.84. The third-order valence-electron chi connectivity index (χ3n) is 4.32. The maximum absolute atomic E-state index is 13.3. The molecule has 1 aliphatic heterocycles. The van der Waals surface area contributed by atoms with Gasteiger partial charge in [-0.05, 0) is 23.8 Å². The van der Waals surface area contributed by atoms with Crippen molar-refractivity contribution in [3.63, 3.8) is 0 Å². The molecule has 0 saturated carbocycles. The Balaban J connectivity index is 1.67. The first-order valence-electron chi connectivity index (χ1n) is 8.26. The van der Waals surface area contributed by atoms with Crippen molar-refractivity contribution in [1.29, 1.82) is 0 Å². The second kappa shape index (κ2) is 7.84. The van der Waals surface area contributed by atoms with Gasteiger partial charge in [0.25, 0.3) is 0 Å². The number of nitrogens with zero attached hydrogens (tertiary/aromatic N) is 3. The second-order valence-electron chi connectivity index (χ2n) is 6.30. The molecule has 3 rings (SSSR count). The highest BCUT2D eigenvalue weighted by atomic mass is 35.5. The van der Waals surface area contributed by atoms with E-state index in [4.69, 9.17) is 11.6 Å². The lowest BCUT2D eigenvalue weighted by Gasteiger charge is -2.35. The number of halogens is 5. The number of hydrogen-bond donors (Lipinski definition) is 0. The SMILES string of the molecule is O=S(=O)(Cc1cccc(F)c1)N1CCN(c2ncc(C(F)(F)F)cc2Cl)CC1. The van der Waals surface area contributed by atoms with Crippen molar-refractivity contribution in [2.24, 2.45) is 0 Å². The van der Waals surface area contributed by atoms with Crippen molar-refractivity contribution in [2.75, 3.05) is 31.1 Å². The van der Waals surface area contributed by atoms with Crippen LogP contribution in [0.1, 0.15) is 11.1 Å². The molecule has 1 aromatic carbocycles. The van der Waals surface area contributed by atoms with Gasteiger partial charge in [-0.1, -0.05) is 23.7 Å². The fraction of sp³-hybridized carbons (Fsp3) is 0.353. The van der Waals surface area contributed by atoms with Crippen molar-refractivity contribution in [2.45, 2.75) is 11.9 Å². The van der Waals surface area contributed by atoms with E-state index in [1.54, 1.807) is 4.90 Å². The molecule has 0 amide bonds. The van der Waals surface area contributed by atoms with E-state index in [0.29, 0.717) is 11.8 Å². The van der Waals surface area contributed by atoms with Crippen LogP contribution in [0.15, 0.2) is 36.5 Å². The average Bonchev–Trinajstić information content (AvgIpc) is 2.60. The second-order valence-corrected chi connectivity index (χ2v) is 8.68. The number of hydrogen-bond acceptors (Lipinski definition) is 4. The Hall–Kier alpha value is -1.91. The van der Waals surface area contributed by atoms with Gasteiger partial charge in [-0.2, -0.15) is 17.5 Å². The number of benzene rings is 1. The first-order chi connectivity index (χ1) is 13.1. The maximum atomic E-state index is 13.3. The number of alkyl halides is 3. The minimum atomic E-state index is -4.54. The molecular formula is C17H16ClF4N3O2S. The molecule has 5 nitrogen and oxygen atoms in total. The number of piperazine rings is 1. The summed E-state index contributed by atoms with van der Waals surface area (Å²) in [6, 6.07) is 6.17. The Morgan fingerprint density at radius 3 is 2.36 bits per heavy atom. The van der Waals surface area contributed by atoms with Gasteiger partial charge in [0.05, 0.1) is 16.3 Å². The van der Waals surface area contributed by atoms with Crippen LogP contribution in [0.5, 0.6) is 0 Å². The minimum absolute atomic E-state index is 0.122. The van der Waals surface area contributed by atoms with E-state index in [1.807, 2.05) is 0 Å². The molecule has 2 aromatic rings. The molecule has 0 aliphatic carbocycles. The summed E-state index contributed by atoms with van der Waals surface area (Å²) in [6.45, 7) is 0.689. The van der Waals surface area contributed by atoms with Gasteiger partial charge in [0.15, 0.2) is 0 Å². The van der Waals surface area contributed by atoms with E-state index in [1.165, 1.54) is 28.6 Å². The van der Waals surface area contributed by atoms with Crippen molar-refractivity contribution in [1.82, 2.24) is 9.29 Å². The highest BCUT2D eigenvalue weighted by molar-refractivity contribution is 7.88. The van der Waals surface area contributed by atoms with Crippen LogP contribution in [0.4, 0.5) is 23.4 Å². The zero-order valence-corrected chi connectivity index (χ0v) is 16.0. The van der Waals surface area contributed by atoms with Crippen LogP contribution >= 0.6 is 11.6 Å². The molecule has 1 fully saturated rings. The molecular weight excluding hydrogens is 422 g/mol. The third kappa shape index (κ3) is 4.73. The summed E-state index contributed by atoms with van der Waals surface area (Å²) in [5.74, 6) is -0.665. The third-order valence-corrected chi connectivity index (χ3v) is 6.45.